The number of carbonyl (C=O) groups is 1. The quantitative estimate of drug-likeness (QED) is 0.750. The van der Waals surface area contributed by atoms with Gasteiger partial charge in [0.05, 0.1) is 12.3 Å². The van der Waals surface area contributed by atoms with Gasteiger partial charge in [0.1, 0.15) is 5.69 Å². The molecular formula is C11H12N2O2. The van der Waals surface area contributed by atoms with Crippen molar-refractivity contribution in [2.75, 3.05) is 11.9 Å². The van der Waals surface area contributed by atoms with Gasteiger partial charge in [-0.05, 0) is 31.9 Å². The number of ether oxygens (including phenoxy) is 1. The molecule has 0 aromatic carbocycles. The normalized spacial score (nSPS) is 8.67. The zero-order valence-corrected chi connectivity index (χ0v) is 8.70. The van der Waals surface area contributed by atoms with E-state index in [1.165, 1.54) is 0 Å². The van der Waals surface area contributed by atoms with Gasteiger partial charge in [-0.2, -0.15) is 0 Å². The first-order valence-corrected chi connectivity index (χ1v) is 4.59. The summed E-state index contributed by atoms with van der Waals surface area (Å²) in [6, 6.07) is 3.45. The molecule has 0 spiro atoms. The lowest BCUT2D eigenvalue weighted by Gasteiger charge is -2.05. The average molecular weight is 204 g/mol. The van der Waals surface area contributed by atoms with Crippen molar-refractivity contribution in [2.45, 2.75) is 13.8 Å². The Morgan fingerprint density at radius 3 is 3.13 bits per heavy atom. The van der Waals surface area contributed by atoms with E-state index in [1.54, 1.807) is 32.2 Å². The Bertz CT molecular complexity index is 405. The average Bonchev–Trinajstić information content (AvgIpc) is 2.21. The fourth-order valence-electron chi connectivity index (χ4n) is 1.00. The van der Waals surface area contributed by atoms with Gasteiger partial charge in [-0.1, -0.05) is 5.92 Å². The summed E-state index contributed by atoms with van der Waals surface area (Å²) in [4.78, 5) is 15.2. The van der Waals surface area contributed by atoms with Gasteiger partial charge in [0.2, 0.25) is 0 Å². The third-order valence-corrected chi connectivity index (χ3v) is 1.56. The zero-order valence-electron chi connectivity index (χ0n) is 8.70. The van der Waals surface area contributed by atoms with Crippen LogP contribution in [0.3, 0.4) is 0 Å². The van der Waals surface area contributed by atoms with Crippen LogP contribution in [0.25, 0.3) is 0 Å². The maximum Gasteiger partial charge on any atom is 0.411 e. The SMILES string of the molecule is CC#Cc1ncccc1NC(=O)OCC. The minimum atomic E-state index is -0.496. The van der Waals surface area contributed by atoms with Gasteiger partial charge in [0.25, 0.3) is 0 Å². The van der Waals surface area contributed by atoms with E-state index >= 15 is 0 Å². The van der Waals surface area contributed by atoms with Crippen molar-refractivity contribution in [2.24, 2.45) is 0 Å². The molecule has 0 radical (unpaired) electrons. The van der Waals surface area contributed by atoms with Gasteiger partial charge in [-0.3, -0.25) is 5.32 Å². The Kier molecular flexibility index (Phi) is 4.17. The van der Waals surface area contributed by atoms with E-state index in [0.29, 0.717) is 18.0 Å². The second-order valence-corrected chi connectivity index (χ2v) is 2.62. The van der Waals surface area contributed by atoms with Gasteiger partial charge >= 0.3 is 6.09 Å². The number of pyridine rings is 1. The second-order valence-electron chi connectivity index (χ2n) is 2.62. The predicted octanol–water partition coefficient (Wildman–Crippen LogP) is 2.02. The van der Waals surface area contributed by atoms with Crippen molar-refractivity contribution in [3.05, 3.63) is 24.0 Å². The minimum absolute atomic E-state index is 0.334. The molecule has 0 saturated carbocycles. The van der Waals surface area contributed by atoms with Crippen LogP contribution >= 0.6 is 0 Å². The van der Waals surface area contributed by atoms with Crippen molar-refractivity contribution >= 4 is 11.8 Å². The van der Waals surface area contributed by atoms with Crippen LogP contribution in [0.2, 0.25) is 0 Å². The van der Waals surface area contributed by atoms with Gasteiger partial charge in [-0.15, -0.1) is 0 Å². The summed E-state index contributed by atoms with van der Waals surface area (Å²) in [6.45, 7) is 3.79. The first-order valence-electron chi connectivity index (χ1n) is 4.59. The molecule has 0 aliphatic rings. The van der Waals surface area contributed by atoms with E-state index in [2.05, 4.69) is 22.1 Å². The zero-order chi connectivity index (χ0) is 11.1. The van der Waals surface area contributed by atoms with E-state index in [1.807, 2.05) is 0 Å². The maximum atomic E-state index is 11.2. The lowest BCUT2D eigenvalue weighted by atomic mass is 10.3. The van der Waals surface area contributed by atoms with Crippen molar-refractivity contribution < 1.29 is 9.53 Å². The highest BCUT2D eigenvalue weighted by Gasteiger charge is 2.05. The smallest absolute Gasteiger partial charge is 0.411 e. The molecule has 1 amide bonds. The molecule has 0 aliphatic carbocycles. The molecule has 1 aromatic rings. The van der Waals surface area contributed by atoms with E-state index in [4.69, 9.17) is 4.74 Å². The third kappa shape index (κ3) is 3.31. The summed E-state index contributed by atoms with van der Waals surface area (Å²) in [7, 11) is 0. The molecule has 1 aromatic heterocycles. The van der Waals surface area contributed by atoms with E-state index in [9.17, 15) is 4.79 Å². The molecule has 1 rings (SSSR count). The summed E-state index contributed by atoms with van der Waals surface area (Å²) in [5.41, 5.74) is 1.10. The Balaban J connectivity index is 2.82. The van der Waals surface area contributed by atoms with Crippen molar-refractivity contribution in [3.8, 4) is 11.8 Å². The van der Waals surface area contributed by atoms with Crippen LogP contribution < -0.4 is 5.32 Å². The molecule has 4 nitrogen and oxygen atoms in total. The Morgan fingerprint density at radius 1 is 1.67 bits per heavy atom. The van der Waals surface area contributed by atoms with Crippen LogP contribution in [-0.4, -0.2) is 17.7 Å². The fourth-order valence-corrected chi connectivity index (χ4v) is 1.00. The Morgan fingerprint density at radius 2 is 2.47 bits per heavy atom. The number of carbonyl (C=O) groups excluding carboxylic acids is 1. The van der Waals surface area contributed by atoms with Gasteiger partial charge < -0.3 is 4.74 Å². The van der Waals surface area contributed by atoms with E-state index < -0.39 is 6.09 Å². The lowest BCUT2D eigenvalue weighted by molar-refractivity contribution is 0.168. The Hall–Kier alpha value is -2.02. The topological polar surface area (TPSA) is 51.2 Å². The molecule has 1 heterocycles. The van der Waals surface area contributed by atoms with Crippen molar-refractivity contribution in [1.29, 1.82) is 0 Å². The largest absolute Gasteiger partial charge is 0.450 e. The molecule has 0 bridgehead atoms. The maximum absolute atomic E-state index is 11.2. The van der Waals surface area contributed by atoms with Crippen LogP contribution in [0.1, 0.15) is 19.5 Å². The lowest BCUT2D eigenvalue weighted by Crippen LogP contribution is -2.14. The van der Waals surface area contributed by atoms with Gasteiger partial charge in [0.15, 0.2) is 0 Å². The number of anilines is 1. The summed E-state index contributed by atoms with van der Waals surface area (Å²) in [6.07, 6.45) is 1.13. The molecule has 0 fully saturated rings. The van der Waals surface area contributed by atoms with Crippen molar-refractivity contribution in [1.82, 2.24) is 4.98 Å². The molecular weight excluding hydrogens is 192 g/mol. The molecule has 1 N–H and O–H groups in total. The van der Waals surface area contributed by atoms with E-state index in [0.717, 1.165) is 0 Å². The molecule has 0 atom stereocenters. The molecule has 0 unspecified atom stereocenters. The van der Waals surface area contributed by atoms with Crippen LogP contribution in [0.15, 0.2) is 18.3 Å². The van der Waals surface area contributed by atoms with Crippen molar-refractivity contribution in [3.63, 3.8) is 0 Å². The highest BCUT2D eigenvalue weighted by molar-refractivity contribution is 5.86. The molecule has 0 saturated heterocycles. The van der Waals surface area contributed by atoms with Crippen LogP contribution in [0, 0.1) is 11.8 Å². The monoisotopic (exact) mass is 204 g/mol. The minimum Gasteiger partial charge on any atom is -0.450 e. The van der Waals surface area contributed by atoms with Crippen LogP contribution in [0.4, 0.5) is 10.5 Å². The number of nitrogens with one attached hydrogen (secondary N) is 1. The number of aromatic nitrogens is 1. The number of hydrogen-bond donors (Lipinski definition) is 1. The highest BCUT2D eigenvalue weighted by atomic mass is 16.5. The number of nitrogens with zero attached hydrogens (tertiary/aromatic N) is 1. The summed E-state index contributed by atoms with van der Waals surface area (Å²) >= 11 is 0. The predicted molar refractivity (Wildman–Crippen MR) is 57.4 cm³/mol. The van der Waals surface area contributed by atoms with Crippen LogP contribution in [-0.2, 0) is 4.74 Å². The second kappa shape index (κ2) is 5.66. The summed E-state index contributed by atoms with van der Waals surface area (Å²) in [5, 5.41) is 2.57. The summed E-state index contributed by atoms with van der Waals surface area (Å²) in [5.74, 6) is 5.52. The summed E-state index contributed by atoms with van der Waals surface area (Å²) < 4.78 is 4.75. The fraction of sp³-hybridized carbons (Fsp3) is 0.273. The van der Waals surface area contributed by atoms with Gasteiger partial charge in [0, 0.05) is 6.20 Å². The first-order chi connectivity index (χ1) is 7.27. The Labute approximate surface area is 88.7 Å². The molecule has 0 aliphatic heterocycles. The molecule has 4 heteroatoms. The molecule has 78 valence electrons. The van der Waals surface area contributed by atoms with Gasteiger partial charge in [-0.25, -0.2) is 9.78 Å². The standard InChI is InChI=1S/C11H12N2O2/c1-3-6-9-10(7-5-8-12-9)13-11(14)15-4-2/h5,7-8H,4H2,1-2H3,(H,13,14). The highest BCUT2D eigenvalue weighted by Crippen LogP contribution is 2.10. The van der Waals surface area contributed by atoms with Crippen LogP contribution in [0.5, 0.6) is 0 Å². The third-order valence-electron chi connectivity index (χ3n) is 1.56. The van der Waals surface area contributed by atoms with E-state index in [-0.39, 0.29) is 0 Å². The number of rotatable bonds is 2. The number of amides is 1. The molecule has 15 heavy (non-hydrogen) atoms. The number of hydrogen-bond acceptors (Lipinski definition) is 3. The first kappa shape index (κ1) is 11.1.